The minimum atomic E-state index is 0.0256. The molecule has 98 valence electrons. The van der Waals surface area contributed by atoms with Crippen molar-refractivity contribution >= 4 is 11.6 Å². The van der Waals surface area contributed by atoms with Gasteiger partial charge in [0.15, 0.2) is 0 Å². The number of nitrogens with zero attached hydrogens (tertiary/aromatic N) is 3. The van der Waals surface area contributed by atoms with E-state index in [0.717, 1.165) is 25.3 Å². The van der Waals surface area contributed by atoms with Crippen molar-refractivity contribution in [2.75, 3.05) is 39.0 Å². The van der Waals surface area contributed by atoms with Gasteiger partial charge in [0.2, 0.25) is 0 Å². The van der Waals surface area contributed by atoms with E-state index in [9.17, 15) is 4.79 Å². The molecule has 0 bridgehead atoms. The van der Waals surface area contributed by atoms with Crippen molar-refractivity contribution in [3.63, 3.8) is 0 Å². The number of rotatable bonds is 2. The highest BCUT2D eigenvalue weighted by Crippen LogP contribution is 2.12. The van der Waals surface area contributed by atoms with Gasteiger partial charge in [-0.25, -0.2) is 4.98 Å². The molecular formula is C13H20N4O. The molecule has 1 amide bonds. The van der Waals surface area contributed by atoms with Crippen LogP contribution in [0.2, 0.25) is 0 Å². The van der Waals surface area contributed by atoms with Crippen LogP contribution in [0.5, 0.6) is 0 Å². The van der Waals surface area contributed by atoms with E-state index in [1.165, 1.54) is 0 Å². The fraction of sp³-hybridized carbons (Fsp3) is 0.538. The monoisotopic (exact) mass is 248 g/mol. The fourth-order valence-corrected chi connectivity index (χ4v) is 2.06. The first-order chi connectivity index (χ1) is 8.61. The zero-order valence-electron chi connectivity index (χ0n) is 11.2. The van der Waals surface area contributed by atoms with E-state index in [1.54, 1.807) is 12.3 Å². The van der Waals surface area contributed by atoms with Crippen LogP contribution < -0.4 is 5.32 Å². The van der Waals surface area contributed by atoms with Crippen molar-refractivity contribution in [3.8, 4) is 0 Å². The molecule has 18 heavy (non-hydrogen) atoms. The standard InChI is InChI=1S/C13H20N4O/c1-10-9-17(7-6-16(10)3)13(18)12-5-4-11(14-2)8-15-12/h4-5,8,10,14H,6-7,9H2,1-3H3. The highest BCUT2D eigenvalue weighted by atomic mass is 16.2. The number of carbonyl (C=O) groups excluding carboxylic acids is 1. The first kappa shape index (κ1) is 12.8. The lowest BCUT2D eigenvalue weighted by atomic mass is 10.2. The molecule has 2 rings (SSSR count). The zero-order valence-corrected chi connectivity index (χ0v) is 11.2. The van der Waals surface area contributed by atoms with Crippen molar-refractivity contribution in [1.29, 1.82) is 0 Å². The number of piperazine rings is 1. The van der Waals surface area contributed by atoms with Gasteiger partial charge in [-0.05, 0) is 26.1 Å². The van der Waals surface area contributed by atoms with Crippen LogP contribution in [0.1, 0.15) is 17.4 Å². The summed E-state index contributed by atoms with van der Waals surface area (Å²) >= 11 is 0. The van der Waals surface area contributed by atoms with E-state index < -0.39 is 0 Å². The third-order valence-electron chi connectivity index (χ3n) is 3.52. The predicted molar refractivity (Wildman–Crippen MR) is 71.8 cm³/mol. The second-order valence-corrected chi connectivity index (χ2v) is 4.76. The first-order valence-electron chi connectivity index (χ1n) is 6.25. The zero-order chi connectivity index (χ0) is 13.1. The minimum Gasteiger partial charge on any atom is -0.387 e. The molecule has 5 heteroatoms. The fourth-order valence-electron chi connectivity index (χ4n) is 2.06. The molecule has 1 unspecified atom stereocenters. The summed E-state index contributed by atoms with van der Waals surface area (Å²) in [6.45, 7) is 4.60. The van der Waals surface area contributed by atoms with E-state index >= 15 is 0 Å². The Morgan fingerprint density at radius 3 is 2.78 bits per heavy atom. The lowest BCUT2D eigenvalue weighted by molar-refractivity contribution is 0.0567. The number of hydrogen-bond donors (Lipinski definition) is 1. The largest absolute Gasteiger partial charge is 0.387 e. The Labute approximate surface area is 108 Å². The van der Waals surface area contributed by atoms with Crippen molar-refractivity contribution < 1.29 is 4.79 Å². The van der Waals surface area contributed by atoms with Crippen LogP contribution in [0, 0.1) is 0 Å². The predicted octanol–water partition coefficient (Wildman–Crippen LogP) is 0.899. The summed E-state index contributed by atoms with van der Waals surface area (Å²) in [5.41, 5.74) is 1.43. The van der Waals surface area contributed by atoms with Gasteiger partial charge in [-0.2, -0.15) is 0 Å². The topological polar surface area (TPSA) is 48.5 Å². The van der Waals surface area contributed by atoms with Crippen LogP contribution in [0.25, 0.3) is 0 Å². The molecule has 1 aliphatic heterocycles. The molecule has 2 heterocycles. The van der Waals surface area contributed by atoms with Gasteiger partial charge in [0, 0.05) is 32.7 Å². The van der Waals surface area contributed by atoms with Gasteiger partial charge in [-0.3, -0.25) is 4.79 Å². The Kier molecular flexibility index (Phi) is 3.81. The minimum absolute atomic E-state index is 0.0256. The van der Waals surface area contributed by atoms with Crippen LogP contribution in [0.15, 0.2) is 18.3 Å². The number of aromatic nitrogens is 1. The highest BCUT2D eigenvalue weighted by molar-refractivity contribution is 5.92. The third-order valence-corrected chi connectivity index (χ3v) is 3.52. The normalized spacial score (nSPS) is 20.8. The number of likely N-dealkylation sites (N-methyl/N-ethyl adjacent to an activating group) is 1. The molecule has 1 atom stereocenters. The molecule has 1 N–H and O–H groups in total. The maximum Gasteiger partial charge on any atom is 0.272 e. The van der Waals surface area contributed by atoms with Crippen molar-refractivity contribution in [3.05, 3.63) is 24.0 Å². The lowest BCUT2D eigenvalue weighted by Crippen LogP contribution is -2.52. The van der Waals surface area contributed by atoms with Crippen LogP contribution in [-0.2, 0) is 0 Å². The van der Waals surface area contributed by atoms with Gasteiger partial charge in [0.1, 0.15) is 5.69 Å². The molecule has 0 aromatic carbocycles. The van der Waals surface area contributed by atoms with E-state index in [4.69, 9.17) is 0 Å². The molecule has 1 aromatic heterocycles. The summed E-state index contributed by atoms with van der Waals surface area (Å²) < 4.78 is 0. The van der Waals surface area contributed by atoms with Crippen LogP contribution in [0.4, 0.5) is 5.69 Å². The second-order valence-electron chi connectivity index (χ2n) is 4.76. The Bertz CT molecular complexity index is 418. The average molecular weight is 248 g/mol. The first-order valence-corrected chi connectivity index (χ1v) is 6.25. The van der Waals surface area contributed by atoms with Gasteiger partial charge >= 0.3 is 0 Å². The van der Waals surface area contributed by atoms with Crippen LogP contribution in [0.3, 0.4) is 0 Å². The van der Waals surface area contributed by atoms with Crippen LogP contribution in [-0.4, -0.2) is 60.5 Å². The highest BCUT2D eigenvalue weighted by Gasteiger charge is 2.25. The smallest absolute Gasteiger partial charge is 0.272 e. The molecule has 1 aromatic rings. The number of hydrogen-bond acceptors (Lipinski definition) is 4. The Morgan fingerprint density at radius 2 is 2.22 bits per heavy atom. The number of carbonyl (C=O) groups is 1. The molecule has 1 aliphatic rings. The average Bonchev–Trinajstić information content (AvgIpc) is 2.41. The van der Waals surface area contributed by atoms with E-state index in [0.29, 0.717) is 11.7 Å². The van der Waals surface area contributed by atoms with Gasteiger partial charge < -0.3 is 15.1 Å². The van der Waals surface area contributed by atoms with Gasteiger partial charge in [0.25, 0.3) is 5.91 Å². The third kappa shape index (κ3) is 2.61. The number of anilines is 1. The summed E-state index contributed by atoms with van der Waals surface area (Å²) in [4.78, 5) is 20.6. The van der Waals surface area contributed by atoms with Crippen LogP contribution >= 0.6 is 0 Å². The molecular weight excluding hydrogens is 228 g/mol. The van der Waals surface area contributed by atoms with Crippen molar-refractivity contribution in [2.24, 2.45) is 0 Å². The summed E-state index contributed by atoms with van der Waals surface area (Å²) in [7, 11) is 3.92. The molecule has 0 aliphatic carbocycles. The van der Waals surface area contributed by atoms with E-state index in [1.807, 2.05) is 18.0 Å². The quantitative estimate of drug-likeness (QED) is 0.845. The number of nitrogens with one attached hydrogen (secondary N) is 1. The molecule has 5 nitrogen and oxygen atoms in total. The maximum atomic E-state index is 12.3. The summed E-state index contributed by atoms with van der Waals surface area (Å²) in [6, 6.07) is 4.05. The van der Waals surface area contributed by atoms with Gasteiger partial charge in [-0.15, -0.1) is 0 Å². The molecule has 0 spiro atoms. The Morgan fingerprint density at radius 1 is 1.44 bits per heavy atom. The Hall–Kier alpha value is -1.62. The maximum absolute atomic E-state index is 12.3. The molecule has 1 fully saturated rings. The molecule has 0 saturated carbocycles. The molecule has 1 saturated heterocycles. The molecule has 0 radical (unpaired) electrons. The number of amides is 1. The summed E-state index contributed by atoms with van der Waals surface area (Å²) in [5.74, 6) is 0.0256. The van der Waals surface area contributed by atoms with Gasteiger partial charge in [-0.1, -0.05) is 0 Å². The number of pyridine rings is 1. The Balaban J connectivity index is 2.06. The summed E-state index contributed by atoms with van der Waals surface area (Å²) in [5, 5.41) is 2.99. The van der Waals surface area contributed by atoms with Crippen molar-refractivity contribution in [2.45, 2.75) is 13.0 Å². The van der Waals surface area contributed by atoms with E-state index in [-0.39, 0.29) is 5.91 Å². The van der Waals surface area contributed by atoms with Crippen molar-refractivity contribution in [1.82, 2.24) is 14.8 Å². The van der Waals surface area contributed by atoms with Gasteiger partial charge in [0.05, 0.1) is 11.9 Å². The summed E-state index contributed by atoms with van der Waals surface area (Å²) in [6.07, 6.45) is 1.69. The van der Waals surface area contributed by atoms with E-state index in [2.05, 4.69) is 29.2 Å². The lowest BCUT2D eigenvalue weighted by Gasteiger charge is -2.37. The SMILES string of the molecule is CNc1ccc(C(=O)N2CCN(C)C(C)C2)nc1. The second kappa shape index (κ2) is 5.35.